The van der Waals surface area contributed by atoms with Gasteiger partial charge in [-0.05, 0) is 19.3 Å². The van der Waals surface area contributed by atoms with Crippen LogP contribution in [0.3, 0.4) is 0 Å². The van der Waals surface area contributed by atoms with Gasteiger partial charge >= 0.3 is 11.9 Å². The molecule has 0 unspecified atom stereocenters. The van der Waals surface area contributed by atoms with E-state index in [-0.39, 0.29) is 12.4 Å². The lowest BCUT2D eigenvalue weighted by atomic mass is 10.1. The van der Waals surface area contributed by atoms with E-state index in [2.05, 4.69) is 6.92 Å². The highest BCUT2D eigenvalue weighted by Gasteiger charge is 2.02. The Hall–Kier alpha value is -1.06. The minimum atomic E-state index is -0.710. The van der Waals surface area contributed by atoms with E-state index in [1.165, 1.54) is 32.1 Å². The van der Waals surface area contributed by atoms with E-state index in [1.807, 2.05) is 0 Å². The average Bonchev–Trinajstić information content (AvgIpc) is 2.52. The van der Waals surface area contributed by atoms with Gasteiger partial charge in [0.15, 0.2) is 0 Å². The molecule has 0 heterocycles. The zero-order valence-corrected chi connectivity index (χ0v) is 15.0. The number of carbonyl (C=O) groups excluding carboxylic acids is 1. The summed E-state index contributed by atoms with van der Waals surface area (Å²) < 4.78 is 5.23. The molecule has 0 aliphatic carbocycles. The summed E-state index contributed by atoms with van der Waals surface area (Å²) >= 11 is 0. The van der Waals surface area contributed by atoms with Crippen molar-refractivity contribution in [3.05, 3.63) is 0 Å². The molecule has 0 aromatic heterocycles. The number of carboxylic acid groups (broad SMARTS) is 1. The highest BCUT2D eigenvalue weighted by Crippen LogP contribution is 2.10. The second-order valence-electron chi connectivity index (χ2n) is 6.36. The molecule has 4 heteroatoms. The van der Waals surface area contributed by atoms with Gasteiger partial charge < -0.3 is 9.84 Å². The molecule has 0 saturated carbocycles. The smallest absolute Gasteiger partial charge is 0.305 e. The Morgan fingerprint density at radius 1 is 0.696 bits per heavy atom. The van der Waals surface area contributed by atoms with Crippen molar-refractivity contribution < 1.29 is 19.4 Å². The summed E-state index contributed by atoms with van der Waals surface area (Å²) in [6, 6.07) is 0. The first kappa shape index (κ1) is 21.9. The highest BCUT2D eigenvalue weighted by atomic mass is 16.5. The van der Waals surface area contributed by atoms with Gasteiger partial charge in [0.25, 0.3) is 0 Å². The minimum absolute atomic E-state index is 0.0555. The van der Waals surface area contributed by atoms with Crippen molar-refractivity contribution in [2.24, 2.45) is 0 Å². The largest absolute Gasteiger partial charge is 0.481 e. The Bertz CT molecular complexity index is 289. The summed E-state index contributed by atoms with van der Waals surface area (Å²) in [5, 5.41) is 8.52. The molecule has 0 rings (SSSR count). The monoisotopic (exact) mass is 328 g/mol. The zero-order valence-electron chi connectivity index (χ0n) is 15.0. The molecule has 0 spiro atoms. The maximum Gasteiger partial charge on any atom is 0.305 e. The first-order valence-corrected chi connectivity index (χ1v) is 9.54. The molecular formula is C19H36O4. The topological polar surface area (TPSA) is 63.6 Å². The molecule has 0 atom stereocenters. The molecule has 0 bridgehead atoms. The maximum atomic E-state index is 11.5. The SMILES string of the molecule is CCCCCCCCCC(=O)OCCCCCCCCC(=O)O. The number of carboxylic acids is 1. The van der Waals surface area contributed by atoms with Crippen LogP contribution < -0.4 is 0 Å². The standard InChI is InChI=1S/C19H36O4/c1-2-3-4-5-6-10-13-16-19(22)23-17-14-11-8-7-9-12-15-18(20)21/h2-17H2,1H3,(H,20,21). The van der Waals surface area contributed by atoms with E-state index in [9.17, 15) is 9.59 Å². The third-order valence-corrected chi connectivity index (χ3v) is 4.03. The first-order valence-electron chi connectivity index (χ1n) is 9.54. The minimum Gasteiger partial charge on any atom is -0.481 e. The van der Waals surface area contributed by atoms with Crippen LogP contribution in [-0.2, 0) is 14.3 Å². The number of aliphatic carboxylic acids is 1. The predicted molar refractivity (Wildman–Crippen MR) is 93.5 cm³/mol. The number of carbonyl (C=O) groups is 2. The first-order chi connectivity index (χ1) is 11.2. The summed E-state index contributed by atoms with van der Waals surface area (Å²) in [6.45, 7) is 2.75. The fourth-order valence-corrected chi connectivity index (χ4v) is 2.57. The van der Waals surface area contributed by atoms with Gasteiger partial charge in [-0.25, -0.2) is 0 Å². The Morgan fingerprint density at radius 3 is 1.74 bits per heavy atom. The molecular weight excluding hydrogens is 292 g/mol. The van der Waals surface area contributed by atoms with Crippen LogP contribution in [0.15, 0.2) is 0 Å². The fraction of sp³-hybridized carbons (Fsp3) is 0.895. The van der Waals surface area contributed by atoms with E-state index < -0.39 is 5.97 Å². The van der Waals surface area contributed by atoms with Gasteiger partial charge in [-0.2, -0.15) is 0 Å². The lowest BCUT2D eigenvalue weighted by molar-refractivity contribution is -0.144. The molecule has 23 heavy (non-hydrogen) atoms. The Morgan fingerprint density at radius 2 is 1.17 bits per heavy atom. The molecule has 4 nitrogen and oxygen atoms in total. The van der Waals surface area contributed by atoms with E-state index in [0.29, 0.717) is 13.0 Å². The molecule has 0 amide bonds. The summed E-state index contributed by atoms with van der Waals surface area (Å²) in [4.78, 5) is 21.9. The van der Waals surface area contributed by atoms with Crippen molar-refractivity contribution >= 4 is 11.9 Å². The fourth-order valence-electron chi connectivity index (χ4n) is 2.57. The number of hydrogen-bond donors (Lipinski definition) is 1. The lowest BCUT2D eigenvalue weighted by Gasteiger charge is -2.05. The van der Waals surface area contributed by atoms with E-state index >= 15 is 0 Å². The number of unbranched alkanes of at least 4 members (excludes halogenated alkanes) is 11. The van der Waals surface area contributed by atoms with Crippen LogP contribution in [0.5, 0.6) is 0 Å². The molecule has 0 saturated heterocycles. The normalized spacial score (nSPS) is 10.7. The molecule has 136 valence electrons. The van der Waals surface area contributed by atoms with E-state index in [4.69, 9.17) is 9.84 Å². The van der Waals surface area contributed by atoms with E-state index in [0.717, 1.165) is 51.4 Å². The van der Waals surface area contributed by atoms with Crippen molar-refractivity contribution in [3.8, 4) is 0 Å². The molecule has 0 fully saturated rings. The highest BCUT2D eigenvalue weighted by molar-refractivity contribution is 5.69. The van der Waals surface area contributed by atoms with Crippen molar-refractivity contribution in [3.63, 3.8) is 0 Å². The zero-order chi connectivity index (χ0) is 17.2. The summed E-state index contributed by atoms with van der Waals surface area (Å²) in [5.41, 5.74) is 0. The van der Waals surface area contributed by atoms with Crippen molar-refractivity contribution in [2.75, 3.05) is 6.61 Å². The van der Waals surface area contributed by atoms with E-state index in [1.54, 1.807) is 0 Å². The van der Waals surface area contributed by atoms with Crippen LogP contribution in [0.25, 0.3) is 0 Å². The van der Waals surface area contributed by atoms with Crippen molar-refractivity contribution in [1.29, 1.82) is 0 Å². The van der Waals surface area contributed by atoms with Crippen LogP contribution in [-0.4, -0.2) is 23.7 Å². The molecule has 0 aromatic rings. The van der Waals surface area contributed by atoms with Crippen molar-refractivity contribution in [2.45, 2.75) is 103 Å². The third-order valence-electron chi connectivity index (χ3n) is 4.03. The van der Waals surface area contributed by atoms with Gasteiger partial charge in [-0.15, -0.1) is 0 Å². The van der Waals surface area contributed by atoms with Crippen LogP contribution in [0.4, 0.5) is 0 Å². The van der Waals surface area contributed by atoms with Gasteiger partial charge in [0, 0.05) is 12.8 Å². The lowest BCUT2D eigenvalue weighted by Crippen LogP contribution is -2.05. The van der Waals surface area contributed by atoms with Gasteiger partial charge in [0.2, 0.25) is 0 Å². The van der Waals surface area contributed by atoms with Crippen LogP contribution in [0.1, 0.15) is 103 Å². The maximum absolute atomic E-state index is 11.5. The molecule has 0 aliphatic rings. The van der Waals surface area contributed by atoms with Crippen molar-refractivity contribution in [1.82, 2.24) is 0 Å². The van der Waals surface area contributed by atoms with Crippen LogP contribution in [0.2, 0.25) is 0 Å². The van der Waals surface area contributed by atoms with Gasteiger partial charge in [-0.1, -0.05) is 71.1 Å². The second-order valence-corrected chi connectivity index (χ2v) is 6.36. The van der Waals surface area contributed by atoms with Crippen LogP contribution >= 0.6 is 0 Å². The number of hydrogen-bond acceptors (Lipinski definition) is 3. The Kier molecular flexibility index (Phi) is 16.5. The molecule has 1 N–H and O–H groups in total. The quantitative estimate of drug-likeness (QED) is 0.283. The summed E-state index contributed by atoms with van der Waals surface area (Å²) in [6.07, 6.45) is 15.2. The summed E-state index contributed by atoms with van der Waals surface area (Å²) in [7, 11) is 0. The van der Waals surface area contributed by atoms with Gasteiger partial charge in [-0.3, -0.25) is 9.59 Å². The molecule has 0 aliphatic heterocycles. The predicted octanol–water partition coefficient (Wildman–Crippen LogP) is 5.49. The summed E-state index contributed by atoms with van der Waals surface area (Å²) in [5.74, 6) is -0.766. The molecule has 0 aromatic carbocycles. The number of esters is 1. The average molecular weight is 328 g/mol. The second kappa shape index (κ2) is 17.3. The van der Waals surface area contributed by atoms with Gasteiger partial charge in [0.1, 0.15) is 0 Å². The Balaban J connectivity index is 3.17. The third kappa shape index (κ3) is 18.9. The van der Waals surface area contributed by atoms with Gasteiger partial charge in [0.05, 0.1) is 6.61 Å². The number of rotatable bonds is 17. The molecule has 0 radical (unpaired) electrons. The number of ether oxygens (including phenoxy) is 1. The Labute approximate surface area is 142 Å². The van der Waals surface area contributed by atoms with Crippen LogP contribution in [0, 0.1) is 0 Å².